The Morgan fingerprint density at radius 3 is 2.52 bits per heavy atom. The molecule has 2 aliphatic carbocycles. The topological polar surface area (TPSA) is 25.2 Å². The van der Waals surface area contributed by atoms with Crippen LogP contribution in [0.25, 0.3) is 6.08 Å². The van der Waals surface area contributed by atoms with Gasteiger partial charge in [0.15, 0.2) is 0 Å². The van der Waals surface area contributed by atoms with Gasteiger partial charge in [-0.05, 0) is 57.2 Å². The van der Waals surface area contributed by atoms with E-state index in [4.69, 9.17) is 12.2 Å². The van der Waals surface area contributed by atoms with Crippen molar-refractivity contribution < 1.29 is 4.79 Å². The second-order valence-electron chi connectivity index (χ2n) is 6.21. The molecule has 0 atom stereocenters. The molecule has 0 aromatic carbocycles. The predicted octanol–water partition coefficient (Wildman–Crippen LogP) is 3.80. The van der Waals surface area contributed by atoms with Crippen molar-refractivity contribution in [1.82, 2.24) is 9.47 Å². The van der Waals surface area contributed by atoms with Crippen molar-refractivity contribution >= 4 is 40.3 Å². The van der Waals surface area contributed by atoms with Crippen molar-refractivity contribution in [3.63, 3.8) is 0 Å². The molecule has 1 aliphatic heterocycles. The number of hydrogen-bond acceptors (Lipinski definition) is 3. The molecule has 2 heterocycles. The van der Waals surface area contributed by atoms with E-state index < -0.39 is 0 Å². The van der Waals surface area contributed by atoms with Crippen LogP contribution in [0.4, 0.5) is 0 Å². The molecule has 1 aromatic rings. The van der Waals surface area contributed by atoms with Crippen molar-refractivity contribution in [2.75, 3.05) is 0 Å². The lowest BCUT2D eigenvalue weighted by molar-refractivity contribution is -0.122. The maximum atomic E-state index is 12.5. The van der Waals surface area contributed by atoms with Gasteiger partial charge < -0.3 is 4.57 Å². The fourth-order valence-electron chi connectivity index (χ4n) is 3.11. The van der Waals surface area contributed by atoms with E-state index in [-0.39, 0.29) is 5.91 Å². The van der Waals surface area contributed by atoms with Crippen LogP contribution in [0, 0.1) is 13.8 Å². The summed E-state index contributed by atoms with van der Waals surface area (Å²) in [6.07, 6.45) is 6.77. The van der Waals surface area contributed by atoms with Crippen molar-refractivity contribution in [1.29, 1.82) is 0 Å². The maximum Gasteiger partial charge on any atom is 0.266 e. The fourth-order valence-corrected chi connectivity index (χ4v) is 4.50. The van der Waals surface area contributed by atoms with Crippen LogP contribution in [0.15, 0.2) is 11.0 Å². The van der Waals surface area contributed by atoms with Crippen molar-refractivity contribution in [3.8, 4) is 0 Å². The maximum absolute atomic E-state index is 12.5. The van der Waals surface area contributed by atoms with E-state index in [9.17, 15) is 4.79 Å². The Kier molecular flexibility index (Phi) is 3.05. The molecule has 110 valence electrons. The Morgan fingerprint density at radius 1 is 1.24 bits per heavy atom. The van der Waals surface area contributed by atoms with Crippen LogP contribution in [0.5, 0.6) is 0 Å². The normalized spacial score (nSPS) is 24.5. The van der Waals surface area contributed by atoms with Crippen LogP contribution in [-0.4, -0.2) is 25.7 Å². The monoisotopic (exact) mass is 318 g/mol. The Morgan fingerprint density at radius 2 is 1.90 bits per heavy atom. The van der Waals surface area contributed by atoms with Gasteiger partial charge in [0.2, 0.25) is 0 Å². The van der Waals surface area contributed by atoms with Crippen LogP contribution < -0.4 is 0 Å². The molecule has 3 aliphatic rings. The van der Waals surface area contributed by atoms with Gasteiger partial charge in [-0.1, -0.05) is 24.0 Å². The number of thiocarbonyl (C=S) groups is 1. The smallest absolute Gasteiger partial charge is 0.266 e. The average molecular weight is 318 g/mol. The summed E-state index contributed by atoms with van der Waals surface area (Å²) >= 11 is 6.82. The SMILES string of the molecule is Cc1cc(/C=C2\SC(=S)N(C3CC3)C2=O)c(C)n1C1CC1. The first-order chi connectivity index (χ1) is 10.1. The zero-order valence-corrected chi connectivity index (χ0v) is 13.9. The van der Waals surface area contributed by atoms with Crippen molar-refractivity contribution in [2.45, 2.75) is 51.6 Å². The summed E-state index contributed by atoms with van der Waals surface area (Å²) in [6, 6.07) is 3.23. The minimum atomic E-state index is 0.101. The zero-order chi connectivity index (χ0) is 14.7. The molecule has 0 bridgehead atoms. The first-order valence-electron chi connectivity index (χ1n) is 7.52. The van der Waals surface area contributed by atoms with Gasteiger partial charge in [0, 0.05) is 23.5 Å². The predicted molar refractivity (Wildman–Crippen MR) is 90.2 cm³/mol. The summed E-state index contributed by atoms with van der Waals surface area (Å²) in [5, 5.41) is 0. The molecule has 21 heavy (non-hydrogen) atoms. The number of amides is 1. The van der Waals surface area contributed by atoms with Crippen LogP contribution in [-0.2, 0) is 4.79 Å². The van der Waals surface area contributed by atoms with E-state index in [0.717, 1.165) is 27.6 Å². The zero-order valence-electron chi connectivity index (χ0n) is 12.3. The molecule has 4 rings (SSSR count). The summed E-state index contributed by atoms with van der Waals surface area (Å²) < 4.78 is 3.14. The lowest BCUT2D eigenvalue weighted by Crippen LogP contribution is -2.30. The van der Waals surface area contributed by atoms with Gasteiger partial charge in [-0.25, -0.2) is 0 Å². The van der Waals surface area contributed by atoms with Gasteiger partial charge in [-0.2, -0.15) is 0 Å². The Balaban J connectivity index is 1.67. The molecule has 1 aromatic heterocycles. The number of carbonyl (C=O) groups excluding carboxylic acids is 1. The van der Waals surface area contributed by atoms with Gasteiger partial charge in [-0.3, -0.25) is 9.69 Å². The highest BCUT2D eigenvalue weighted by Gasteiger charge is 2.42. The Bertz CT molecular complexity index is 681. The molecular weight excluding hydrogens is 300 g/mol. The van der Waals surface area contributed by atoms with E-state index in [0.29, 0.717) is 12.1 Å². The van der Waals surface area contributed by atoms with Gasteiger partial charge in [-0.15, -0.1) is 0 Å². The second-order valence-corrected chi connectivity index (χ2v) is 7.89. The minimum absolute atomic E-state index is 0.101. The molecule has 0 N–H and O–H groups in total. The molecule has 0 unspecified atom stereocenters. The summed E-state index contributed by atoms with van der Waals surface area (Å²) in [4.78, 5) is 15.1. The lowest BCUT2D eigenvalue weighted by Gasteiger charge is -2.11. The van der Waals surface area contributed by atoms with Crippen molar-refractivity contribution in [2.24, 2.45) is 0 Å². The van der Waals surface area contributed by atoms with Crippen LogP contribution in [0.3, 0.4) is 0 Å². The molecule has 0 radical (unpaired) electrons. The molecule has 3 fully saturated rings. The third-order valence-electron chi connectivity index (χ3n) is 4.46. The first kappa shape index (κ1) is 13.6. The van der Waals surface area contributed by atoms with Crippen LogP contribution in [0.2, 0.25) is 0 Å². The fraction of sp³-hybridized carbons (Fsp3) is 0.500. The van der Waals surface area contributed by atoms with E-state index in [1.54, 1.807) is 0 Å². The average Bonchev–Trinajstić information content (AvgIpc) is 3.31. The summed E-state index contributed by atoms with van der Waals surface area (Å²) in [5.74, 6) is 0.101. The molecule has 2 saturated carbocycles. The molecule has 1 amide bonds. The van der Waals surface area contributed by atoms with E-state index >= 15 is 0 Å². The third-order valence-corrected chi connectivity index (χ3v) is 5.79. The lowest BCUT2D eigenvalue weighted by atomic mass is 10.2. The van der Waals surface area contributed by atoms with Crippen LogP contribution in [0.1, 0.15) is 48.7 Å². The number of rotatable bonds is 3. The molecule has 5 heteroatoms. The number of nitrogens with zero attached hydrogens (tertiary/aromatic N) is 2. The van der Waals surface area contributed by atoms with Crippen molar-refractivity contribution in [3.05, 3.63) is 27.9 Å². The van der Waals surface area contributed by atoms with Gasteiger partial charge in [0.05, 0.1) is 4.91 Å². The second kappa shape index (κ2) is 4.71. The minimum Gasteiger partial charge on any atom is -0.346 e. The molecular formula is C16H18N2OS2. The van der Waals surface area contributed by atoms with Crippen LogP contribution >= 0.6 is 24.0 Å². The van der Waals surface area contributed by atoms with Gasteiger partial charge >= 0.3 is 0 Å². The van der Waals surface area contributed by atoms with E-state index in [1.165, 1.54) is 36.0 Å². The number of carbonyl (C=O) groups is 1. The quantitative estimate of drug-likeness (QED) is 0.626. The molecule has 3 nitrogen and oxygen atoms in total. The van der Waals surface area contributed by atoms with E-state index in [1.807, 2.05) is 11.0 Å². The Labute approximate surface area is 134 Å². The largest absolute Gasteiger partial charge is 0.346 e. The summed E-state index contributed by atoms with van der Waals surface area (Å²) in [7, 11) is 0. The number of aromatic nitrogens is 1. The molecule has 0 spiro atoms. The summed E-state index contributed by atoms with van der Waals surface area (Å²) in [6.45, 7) is 4.30. The Hall–Kier alpha value is -1.07. The number of thioether (sulfide) groups is 1. The van der Waals surface area contributed by atoms with E-state index in [2.05, 4.69) is 24.5 Å². The number of hydrogen-bond donors (Lipinski definition) is 0. The molecule has 1 saturated heterocycles. The highest BCUT2D eigenvalue weighted by molar-refractivity contribution is 8.26. The number of aryl methyl sites for hydroxylation is 1. The highest BCUT2D eigenvalue weighted by Crippen LogP contribution is 2.42. The van der Waals surface area contributed by atoms with Gasteiger partial charge in [0.25, 0.3) is 5.91 Å². The van der Waals surface area contributed by atoms with Gasteiger partial charge in [0.1, 0.15) is 4.32 Å². The first-order valence-corrected chi connectivity index (χ1v) is 8.74. The third kappa shape index (κ3) is 2.27. The standard InChI is InChI=1S/C16H18N2OS2/c1-9-7-11(10(2)17(9)12-3-4-12)8-14-15(19)18(13-5-6-13)16(20)21-14/h7-8,12-13H,3-6H2,1-2H3/b14-8-. The highest BCUT2D eigenvalue weighted by atomic mass is 32.2. The summed E-state index contributed by atoms with van der Waals surface area (Å²) in [5.41, 5.74) is 3.72.